The second-order valence-corrected chi connectivity index (χ2v) is 6.71. The number of para-hydroxylation sites is 1. The number of allylic oxidation sites excluding steroid dienone is 3. The zero-order valence-corrected chi connectivity index (χ0v) is 15.7. The molecule has 0 fully saturated rings. The molecule has 2 nitrogen and oxygen atoms in total. The summed E-state index contributed by atoms with van der Waals surface area (Å²) in [6.07, 6.45) is 18.9. The number of unbranched alkanes of at least 4 members (excludes halogenated alkanes) is 7. The summed E-state index contributed by atoms with van der Waals surface area (Å²) in [5.41, 5.74) is 1.99. The lowest BCUT2D eigenvalue weighted by Crippen LogP contribution is -2.08. The number of aryl methyl sites for hydroxylation is 1. The summed E-state index contributed by atoms with van der Waals surface area (Å²) in [6, 6.07) is 9.46. The van der Waals surface area contributed by atoms with Gasteiger partial charge in [-0.15, -0.1) is 0 Å². The minimum absolute atomic E-state index is 0.0837. The molecule has 1 aromatic heterocycles. The van der Waals surface area contributed by atoms with E-state index in [0.717, 1.165) is 23.0 Å². The molecule has 0 saturated heterocycles. The van der Waals surface area contributed by atoms with Crippen molar-refractivity contribution < 1.29 is 0 Å². The molecule has 1 aromatic carbocycles. The quantitative estimate of drug-likeness (QED) is 0.371. The number of rotatable bonds is 10. The molecule has 0 aliphatic heterocycles. The maximum atomic E-state index is 12.2. The van der Waals surface area contributed by atoms with E-state index in [4.69, 9.17) is 0 Å². The van der Waals surface area contributed by atoms with Crippen LogP contribution in [0.25, 0.3) is 17.0 Å². The number of benzene rings is 1. The normalized spacial score (nSPS) is 11.9. The van der Waals surface area contributed by atoms with Crippen molar-refractivity contribution in [1.29, 1.82) is 0 Å². The molecular weight excluding hydrogens is 306 g/mol. The Morgan fingerprint density at radius 2 is 1.68 bits per heavy atom. The molecule has 0 N–H and O–H groups in total. The van der Waals surface area contributed by atoms with Gasteiger partial charge < -0.3 is 4.57 Å². The lowest BCUT2D eigenvalue weighted by atomic mass is 10.1. The average molecular weight is 338 g/mol. The molecular formula is C23H31NO. The summed E-state index contributed by atoms with van der Waals surface area (Å²) >= 11 is 0. The van der Waals surface area contributed by atoms with Crippen LogP contribution in [0.4, 0.5) is 0 Å². The first-order chi connectivity index (χ1) is 12.2. The number of fused-ring (bicyclic) bond motifs is 1. The van der Waals surface area contributed by atoms with Crippen LogP contribution in [0, 0.1) is 0 Å². The van der Waals surface area contributed by atoms with E-state index in [-0.39, 0.29) is 5.43 Å². The SMILES string of the molecule is CCCCCCCCCC=CC=Cc1cc(=O)c2ccccc2n1C. The van der Waals surface area contributed by atoms with E-state index >= 15 is 0 Å². The molecule has 0 aliphatic carbocycles. The number of hydrogen-bond acceptors (Lipinski definition) is 1. The number of aromatic nitrogens is 1. The van der Waals surface area contributed by atoms with Crippen molar-refractivity contribution in [2.75, 3.05) is 0 Å². The molecule has 0 aliphatic rings. The molecule has 0 saturated carbocycles. The van der Waals surface area contributed by atoms with Gasteiger partial charge in [-0.05, 0) is 31.1 Å². The minimum Gasteiger partial charge on any atom is -0.344 e. The fourth-order valence-corrected chi connectivity index (χ4v) is 3.13. The van der Waals surface area contributed by atoms with Crippen molar-refractivity contribution in [3.63, 3.8) is 0 Å². The van der Waals surface area contributed by atoms with Crippen LogP contribution in [0.2, 0.25) is 0 Å². The first-order valence-electron chi connectivity index (χ1n) is 9.66. The molecule has 2 aromatic rings. The van der Waals surface area contributed by atoms with E-state index in [1.807, 2.05) is 43.5 Å². The zero-order chi connectivity index (χ0) is 17.9. The first-order valence-corrected chi connectivity index (χ1v) is 9.66. The van der Waals surface area contributed by atoms with Gasteiger partial charge in [0.05, 0.1) is 5.52 Å². The van der Waals surface area contributed by atoms with Crippen molar-refractivity contribution in [3.05, 3.63) is 64.5 Å². The van der Waals surface area contributed by atoms with Gasteiger partial charge in [0.25, 0.3) is 0 Å². The van der Waals surface area contributed by atoms with Gasteiger partial charge in [-0.2, -0.15) is 0 Å². The standard InChI is InChI=1S/C23H31NO/c1-3-4-5-6-7-8-9-10-11-12-13-16-20-19-23(25)21-17-14-15-18-22(21)24(20)2/h11-19H,3-10H2,1-2H3. The molecule has 0 bridgehead atoms. The molecule has 0 radical (unpaired) electrons. The van der Waals surface area contributed by atoms with E-state index in [2.05, 4.69) is 23.6 Å². The van der Waals surface area contributed by atoms with Crippen molar-refractivity contribution in [3.8, 4) is 0 Å². The lowest BCUT2D eigenvalue weighted by molar-refractivity contribution is 0.592. The molecule has 25 heavy (non-hydrogen) atoms. The molecule has 2 heteroatoms. The fraction of sp³-hybridized carbons (Fsp3) is 0.435. The van der Waals surface area contributed by atoms with Crippen LogP contribution < -0.4 is 5.43 Å². The topological polar surface area (TPSA) is 22.0 Å². The molecule has 0 amide bonds. The molecule has 1 heterocycles. The summed E-state index contributed by atoms with van der Waals surface area (Å²) in [4.78, 5) is 12.2. The van der Waals surface area contributed by atoms with Crippen LogP contribution >= 0.6 is 0 Å². The van der Waals surface area contributed by atoms with Crippen LogP contribution in [-0.4, -0.2) is 4.57 Å². The van der Waals surface area contributed by atoms with E-state index in [1.54, 1.807) is 6.07 Å². The summed E-state index contributed by atoms with van der Waals surface area (Å²) in [5, 5.41) is 0.775. The monoisotopic (exact) mass is 337 g/mol. The summed E-state index contributed by atoms with van der Waals surface area (Å²) < 4.78 is 2.07. The van der Waals surface area contributed by atoms with Crippen molar-refractivity contribution in [2.45, 2.75) is 58.3 Å². The largest absolute Gasteiger partial charge is 0.344 e. The first kappa shape index (κ1) is 19.2. The van der Waals surface area contributed by atoms with Crippen LogP contribution in [0.5, 0.6) is 0 Å². The van der Waals surface area contributed by atoms with E-state index in [9.17, 15) is 4.79 Å². The van der Waals surface area contributed by atoms with Gasteiger partial charge in [0.2, 0.25) is 0 Å². The smallest absolute Gasteiger partial charge is 0.190 e. The highest BCUT2D eigenvalue weighted by atomic mass is 16.1. The van der Waals surface area contributed by atoms with Crippen molar-refractivity contribution in [1.82, 2.24) is 4.57 Å². The molecule has 0 unspecified atom stereocenters. The van der Waals surface area contributed by atoms with Crippen molar-refractivity contribution in [2.24, 2.45) is 7.05 Å². The van der Waals surface area contributed by atoms with Gasteiger partial charge in [-0.25, -0.2) is 0 Å². The maximum absolute atomic E-state index is 12.2. The third-order valence-electron chi connectivity index (χ3n) is 4.69. The highest BCUT2D eigenvalue weighted by Gasteiger charge is 2.02. The molecule has 0 spiro atoms. The van der Waals surface area contributed by atoms with Crippen LogP contribution in [0.1, 0.15) is 64.0 Å². The Morgan fingerprint density at radius 3 is 2.48 bits per heavy atom. The predicted octanol–water partition coefficient (Wildman–Crippen LogP) is 6.25. The van der Waals surface area contributed by atoms with E-state index in [1.165, 1.54) is 44.9 Å². The lowest BCUT2D eigenvalue weighted by Gasteiger charge is -2.08. The number of hydrogen-bond donors (Lipinski definition) is 0. The number of nitrogens with zero attached hydrogens (tertiary/aromatic N) is 1. The van der Waals surface area contributed by atoms with Crippen molar-refractivity contribution >= 4 is 17.0 Å². The maximum Gasteiger partial charge on any atom is 0.190 e. The highest BCUT2D eigenvalue weighted by molar-refractivity contribution is 5.80. The van der Waals surface area contributed by atoms with Gasteiger partial charge >= 0.3 is 0 Å². The van der Waals surface area contributed by atoms with Gasteiger partial charge in [0.15, 0.2) is 5.43 Å². The molecule has 134 valence electrons. The van der Waals surface area contributed by atoms with Crippen LogP contribution in [-0.2, 0) is 7.05 Å². The van der Waals surface area contributed by atoms with Crippen LogP contribution in [0.3, 0.4) is 0 Å². The third-order valence-corrected chi connectivity index (χ3v) is 4.69. The molecule has 0 atom stereocenters. The third kappa shape index (κ3) is 6.04. The highest BCUT2D eigenvalue weighted by Crippen LogP contribution is 2.12. The Bertz CT molecular complexity index is 767. The Labute approximate surface area is 151 Å². The van der Waals surface area contributed by atoms with E-state index < -0.39 is 0 Å². The second kappa shape index (κ2) is 10.7. The van der Waals surface area contributed by atoms with Gasteiger partial charge in [-0.3, -0.25) is 4.79 Å². The second-order valence-electron chi connectivity index (χ2n) is 6.71. The summed E-state index contributed by atoms with van der Waals surface area (Å²) in [7, 11) is 2.00. The Kier molecular flexibility index (Phi) is 8.24. The zero-order valence-electron chi connectivity index (χ0n) is 15.7. The van der Waals surface area contributed by atoms with Gasteiger partial charge in [-0.1, -0.05) is 75.8 Å². The van der Waals surface area contributed by atoms with Gasteiger partial charge in [0.1, 0.15) is 0 Å². The Balaban J connectivity index is 1.81. The molecule has 2 rings (SSSR count). The number of pyridine rings is 1. The average Bonchev–Trinajstić information content (AvgIpc) is 2.63. The van der Waals surface area contributed by atoms with Gasteiger partial charge in [0, 0.05) is 24.2 Å². The summed E-state index contributed by atoms with van der Waals surface area (Å²) in [5.74, 6) is 0. The van der Waals surface area contributed by atoms with Crippen LogP contribution in [0.15, 0.2) is 53.4 Å². The van der Waals surface area contributed by atoms with E-state index in [0.29, 0.717) is 0 Å². The Morgan fingerprint density at radius 1 is 0.960 bits per heavy atom. The minimum atomic E-state index is 0.0837. The fourth-order valence-electron chi connectivity index (χ4n) is 3.13. The Hall–Kier alpha value is -2.09. The summed E-state index contributed by atoms with van der Waals surface area (Å²) in [6.45, 7) is 2.26. The predicted molar refractivity (Wildman–Crippen MR) is 110 cm³/mol.